The summed E-state index contributed by atoms with van der Waals surface area (Å²) in [6, 6.07) is 2.13. The third kappa shape index (κ3) is 2.65. The van der Waals surface area contributed by atoms with E-state index in [1.54, 1.807) is 6.20 Å². The molecule has 20 heavy (non-hydrogen) atoms. The number of hydrogen-bond acceptors (Lipinski definition) is 3. The summed E-state index contributed by atoms with van der Waals surface area (Å²) in [5.74, 6) is 0. The van der Waals surface area contributed by atoms with E-state index in [1.807, 2.05) is 27.5 Å². The highest BCUT2D eigenvalue weighted by molar-refractivity contribution is 5.74. The van der Waals surface area contributed by atoms with Crippen molar-refractivity contribution in [3.8, 4) is 0 Å². The fourth-order valence-electron chi connectivity index (χ4n) is 3.01. The van der Waals surface area contributed by atoms with Crippen molar-refractivity contribution in [2.24, 2.45) is 0 Å². The topological polar surface area (TPSA) is 50.6 Å². The van der Waals surface area contributed by atoms with Crippen LogP contribution in [0.4, 0.5) is 4.79 Å². The number of amides is 2. The third-order valence-corrected chi connectivity index (χ3v) is 4.01. The molecule has 3 rings (SSSR count). The zero-order valence-electron chi connectivity index (χ0n) is 12.0. The van der Waals surface area contributed by atoms with E-state index in [1.165, 1.54) is 0 Å². The Balaban J connectivity index is 1.77. The van der Waals surface area contributed by atoms with Gasteiger partial charge in [-0.1, -0.05) is 0 Å². The minimum Gasteiger partial charge on any atom is -0.375 e. The lowest BCUT2D eigenvalue weighted by atomic mass is 10.3. The molecule has 1 saturated heterocycles. The molecular formula is C14H22N4O2. The average Bonchev–Trinajstić information content (AvgIpc) is 3.07. The second-order valence-electron chi connectivity index (χ2n) is 5.44. The quantitative estimate of drug-likeness (QED) is 0.820. The Morgan fingerprint density at radius 1 is 1.35 bits per heavy atom. The van der Waals surface area contributed by atoms with Gasteiger partial charge in [0, 0.05) is 25.9 Å². The van der Waals surface area contributed by atoms with Gasteiger partial charge in [0.05, 0.1) is 31.4 Å². The number of likely N-dealkylation sites (tertiary alicyclic amines) is 1. The summed E-state index contributed by atoms with van der Waals surface area (Å²) in [6.07, 6.45) is 4.05. The maximum atomic E-state index is 12.6. The molecule has 1 atom stereocenters. The van der Waals surface area contributed by atoms with Crippen LogP contribution in [-0.2, 0) is 17.8 Å². The van der Waals surface area contributed by atoms with Crippen LogP contribution in [-0.4, -0.2) is 58.0 Å². The Labute approximate surface area is 119 Å². The number of urea groups is 1. The molecule has 6 heteroatoms. The van der Waals surface area contributed by atoms with E-state index in [4.69, 9.17) is 4.74 Å². The van der Waals surface area contributed by atoms with Gasteiger partial charge < -0.3 is 14.5 Å². The molecule has 3 heterocycles. The second-order valence-corrected chi connectivity index (χ2v) is 5.44. The summed E-state index contributed by atoms with van der Waals surface area (Å²) in [5, 5.41) is 4.33. The summed E-state index contributed by atoms with van der Waals surface area (Å²) < 4.78 is 7.71. The van der Waals surface area contributed by atoms with Gasteiger partial charge in [0.25, 0.3) is 0 Å². The monoisotopic (exact) mass is 278 g/mol. The van der Waals surface area contributed by atoms with Crippen LogP contribution in [0.25, 0.3) is 0 Å². The Bertz CT molecular complexity index is 467. The van der Waals surface area contributed by atoms with E-state index in [-0.39, 0.29) is 12.1 Å². The first kappa shape index (κ1) is 13.4. The van der Waals surface area contributed by atoms with Crippen molar-refractivity contribution in [3.63, 3.8) is 0 Å². The summed E-state index contributed by atoms with van der Waals surface area (Å²) in [7, 11) is 0. The third-order valence-electron chi connectivity index (χ3n) is 4.01. The zero-order valence-corrected chi connectivity index (χ0v) is 12.0. The molecule has 0 unspecified atom stereocenters. The molecule has 110 valence electrons. The first-order valence-electron chi connectivity index (χ1n) is 7.44. The fourth-order valence-corrected chi connectivity index (χ4v) is 3.01. The van der Waals surface area contributed by atoms with Gasteiger partial charge in [-0.2, -0.15) is 5.10 Å². The lowest BCUT2D eigenvalue weighted by molar-refractivity contribution is 0.0306. The number of aromatic nitrogens is 2. The van der Waals surface area contributed by atoms with Crippen LogP contribution in [0.1, 0.15) is 25.5 Å². The Kier molecular flexibility index (Phi) is 3.91. The molecule has 0 bridgehead atoms. The molecule has 1 fully saturated rings. The fraction of sp³-hybridized carbons (Fsp3) is 0.714. The van der Waals surface area contributed by atoms with Crippen molar-refractivity contribution in [2.75, 3.05) is 26.2 Å². The molecule has 0 saturated carbocycles. The normalized spacial score (nSPS) is 22.8. The number of nitrogens with zero attached hydrogens (tertiary/aromatic N) is 4. The van der Waals surface area contributed by atoms with Crippen LogP contribution >= 0.6 is 0 Å². The van der Waals surface area contributed by atoms with Crippen LogP contribution in [0.5, 0.6) is 0 Å². The first-order valence-corrected chi connectivity index (χ1v) is 7.44. The molecule has 2 amide bonds. The lowest BCUT2D eigenvalue weighted by Gasteiger charge is -2.28. The summed E-state index contributed by atoms with van der Waals surface area (Å²) in [5.41, 5.74) is 1.08. The molecule has 1 aromatic rings. The van der Waals surface area contributed by atoms with E-state index in [2.05, 4.69) is 5.10 Å². The Hall–Kier alpha value is -1.56. The number of rotatable bonds is 2. The number of fused-ring (bicyclic) bond motifs is 1. The van der Waals surface area contributed by atoms with Crippen molar-refractivity contribution < 1.29 is 9.53 Å². The van der Waals surface area contributed by atoms with Crippen LogP contribution in [0.3, 0.4) is 0 Å². The molecule has 0 aliphatic carbocycles. The van der Waals surface area contributed by atoms with Gasteiger partial charge >= 0.3 is 6.03 Å². The van der Waals surface area contributed by atoms with E-state index in [0.717, 1.165) is 38.2 Å². The molecule has 0 N–H and O–H groups in total. The van der Waals surface area contributed by atoms with Crippen LogP contribution in [0.15, 0.2) is 12.3 Å². The highest BCUT2D eigenvalue weighted by atomic mass is 16.5. The predicted octanol–water partition coefficient (Wildman–Crippen LogP) is 1.32. The van der Waals surface area contributed by atoms with Crippen LogP contribution in [0, 0.1) is 0 Å². The summed E-state index contributed by atoms with van der Waals surface area (Å²) >= 11 is 0. The number of carbonyl (C=O) groups is 1. The smallest absolute Gasteiger partial charge is 0.320 e. The molecule has 2 aliphatic rings. The summed E-state index contributed by atoms with van der Waals surface area (Å²) in [6.45, 7) is 6.40. The van der Waals surface area contributed by atoms with Crippen LogP contribution in [0.2, 0.25) is 0 Å². The van der Waals surface area contributed by atoms with Gasteiger partial charge in [0.1, 0.15) is 0 Å². The average molecular weight is 278 g/mol. The Morgan fingerprint density at radius 2 is 2.15 bits per heavy atom. The molecule has 0 radical (unpaired) electrons. The van der Waals surface area contributed by atoms with E-state index in [0.29, 0.717) is 19.7 Å². The molecule has 1 aromatic heterocycles. The van der Waals surface area contributed by atoms with Gasteiger partial charge in [0.2, 0.25) is 0 Å². The summed E-state index contributed by atoms with van der Waals surface area (Å²) in [4.78, 5) is 16.5. The molecular weight excluding hydrogens is 256 g/mol. The maximum Gasteiger partial charge on any atom is 0.320 e. The minimum absolute atomic E-state index is 0.0210. The van der Waals surface area contributed by atoms with E-state index in [9.17, 15) is 4.79 Å². The van der Waals surface area contributed by atoms with Crippen molar-refractivity contribution in [3.05, 3.63) is 18.0 Å². The van der Waals surface area contributed by atoms with Crippen molar-refractivity contribution in [2.45, 2.75) is 39.0 Å². The highest BCUT2D eigenvalue weighted by Crippen LogP contribution is 2.17. The largest absolute Gasteiger partial charge is 0.375 e. The van der Waals surface area contributed by atoms with Gasteiger partial charge in [-0.15, -0.1) is 0 Å². The molecule has 0 aromatic carbocycles. The maximum absolute atomic E-state index is 12.6. The number of carbonyl (C=O) groups excluding carboxylic acids is 1. The molecule has 0 spiro atoms. The van der Waals surface area contributed by atoms with Crippen molar-refractivity contribution in [1.82, 2.24) is 19.6 Å². The predicted molar refractivity (Wildman–Crippen MR) is 74.3 cm³/mol. The van der Waals surface area contributed by atoms with Crippen LogP contribution < -0.4 is 0 Å². The van der Waals surface area contributed by atoms with Gasteiger partial charge in [-0.3, -0.25) is 4.68 Å². The number of ether oxygens (including phenoxy) is 1. The molecule has 2 aliphatic heterocycles. The van der Waals surface area contributed by atoms with E-state index < -0.39 is 0 Å². The van der Waals surface area contributed by atoms with Gasteiger partial charge in [-0.05, 0) is 25.8 Å². The number of hydrogen-bond donors (Lipinski definition) is 0. The van der Waals surface area contributed by atoms with Crippen molar-refractivity contribution in [1.29, 1.82) is 0 Å². The lowest BCUT2D eigenvalue weighted by Crippen LogP contribution is -2.44. The Morgan fingerprint density at radius 3 is 2.90 bits per heavy atom. The van der Waals surface area contributed by atoms with Gasteiger partial charge in [0.15, 0.2) is 0 Å². The van der Waals surface area contributed by atoms with Gasteiger partial charge in [-0.25, -0.2) is 4.79 Å². The minimum atomic E-state index is 0.0210. The SMILES string of the molecule is CCO[C@@H]1CN(C(=O)N2CCCC2)Cc2ccnn2C1. The standard InChI is InChI=1S/C14H22N4O2/c1-2-20-13-10-17(14(19)16-7-3-4-8-16)9-12-5-6-15-18(12)11-13/h5-6,13H,2-4,7-11H2,1H3/t13-/m1/s1. The zero-order chi connectivity index (χ0) is 13.9. The molecule has 6 nitrogen and oxygen atoms in total. The van der Waals surface area contributed by atoms with E-state index >= 15 is 0 Å². The van der Waals surface area contributed by atoms with Crippen molar-refractivity contribution >= 4 is 6.03 Å². The second kappa shape index (κ2) is 5.83. The first-order chi connectivity index (χ1) is 9.78. The highest BCUT2D eigenvalue weighted by Gasteiger charge is 2.29.